The first-order valence-electron chi connectivity index (χ1n) is 5.27. The summed E-state index contributed by atoms with van der Waals surface area (Å²) in [4.78, 5) is 7.44. The topological polar surface area (TPSA) is 25.8 Å². The fourth-order valence-corrected chi connectivity index (χ4v) is 1.92. The fourth-order valence-electron chi connectivity index (χ4n) is 1.53. The first-order chi connectivity index (χ1) is 9.20. The maximum absolute atomic E-state index is 13.2. The van der Waals surface area contributed by atoms with Crippen molar-refractivity contribution >= 4 is 23.2 Å². The van der Waals surface area contributed by atoms with Crippen LogP contribution in [-0.4, -0.2) is 9.97 Å². The quantitative estimate of drug-likeness (QED) is 0.549. The molecule has 0 saturated heterocycles. The number of hydrogen-bond acceptors (Lipinski definition) is 2. The molecule has 1 aromatic heterocycles. The van der Waals surface area contributed by atoms with Gasteiger partial charge in [0.2, 0.25) is 0 Å². The molecule has 2 aromatic rings. The molecule has 0 unspecified atom stereocenters. The smallest absolute Gasteiger partial charge is 0.216 e. The second kappa shape index (κ2) is 5.18. The van der Waals surface area contributed by atoms with Gasteiger partial charge in [0, 0.05) is 11.1 Å². The van der Waals surface area contributed by atoms with Gasteiger partial charge >= 0.3 is 6.18 Å². The largest absolute Gasteiger partial charge is 0.417 e. The summed E-state index contributed by atoms with van der Waals surface area (Å²) in [6, 6.07) is 2.03. The van der Waals surface area contributed by atoms with Crippen LogP contribution in [0.2, 0.25) is 10.3 Å². The maximum Gasteiger partial charge on any atom is 0.417 e. The van der Waals surface area contributed by atoms with Gasteiger partial charge in [-0.25, -0.2) is 14.4 Å². The van der Waals surface area contributed by atoms with Crippen LogP contribution < -0.4 is 0 Å². The molecular formula is C12H6Cl2F4N2. The molecule has 0 bridgehead atoms. The lowest BCUT2D eigenvalue weighted by atomic mass is 10.1. The van der Waals surface area contributed by atoms with Crippen molar-refractivity contribution < 1.29 is 17.6 Å². The Balaban J connectivity index is 2.72. The number of alkyl halides is 3. The summed E-state index contributed by atoms with van der Waals surface area (Å²) in [6.45, 7) is 1.52. The van der Waals surface area contributed by atoms with Crippen LogP contribution in [-0.2, 0) is 6.18 Å². The van der Waals surface area contributed by atoms with Gasteiger partial charge in [-0.2, -0.15) is 13.2 Å². The monoisotopic (exact) mass is 324 g/mol. The van der Waals surface area contributed by atoms with E-state index in [0.717, 1.165) is 0 Å². The highest BCUT2D eigenvalue weighted by molar-refractivity contribution is 6.34. The Kier molecular flexibility index (Phi) is 3.88. The number of aromatic nitrogens is 2. The van der Waals surface area contributed by atoms with Gasteiger partial charge in [0.15, 0.2) is 5.82 Å². The SMILES string of the molecule is Cc1c(Cl)nc(-c2cc(F)ccc2C(F)(F)F)nc1Cl. The van der Waals surface area contributed by atoms with Crippen molar-refractivity contribution in [2.24, 2.45) is 0 Å². The normalized spacial score (nSPS) is 11.8. The first-order valence-corrected chi connectivity index (χ1v) is 6.02. The molecule has 0 atom stereocenters. The van der Waals surface area contributed by atoms with Gasteiger partial charge in [-0.15, -0.1) is 0 Å². The van der Waals surface area contributed by atoms with E-state index in [2.05, 4.69) is 9.97 Å². The zero-order chi connectivity index (χ0) is 15.1. The minimum atomic E-state index is -4.67. The lowest BCUT2D eigenvalue weighted by Crippen LogP contribution is -2.09. The molecule has 8 heteroatoms. The summed E-state index contributed by atoms with van der Waals surface area (Å²) < 4.78 is 51.9. The zero-order valence-corrected chi connectivity index (χ0v) is 11.4. The highest BCUT2D eigenvalue weighted by atomic mass is 35.5. The number of nitrogens with zero attached hydrogens (tertiary/aromatic N) is 2. The number of rotatable bonds is 1. The minimum absolute atomic E-state index is 0.0858. The van der Waals surface area contributed by atoms with Crippen molar-refractivity contribution in [1.82, 2.24) is 9.97 Å². The van der Waals surface area contributed by atoms with Crippen LogP contribution in [0.3, 0.4) is 0 Å². The van der Waals surface area contributed by atoms with Crippen LogP contribution >= 0.6 is 23.2 Å². The van der Waals surface area contributed by atoms with Crippen LogP contribution in [0.1, 0.15) is 11.1 Å². The predicted molar refractivity (Wildman–Crippen MR) is 67.2 cm³/mol. The molecular weight excluding hydrogens is 319 g/mol. The standard InChI is InChI=1S/C12H6Cl2F4N2/c1-5-9(13)19-11(20-10(5)14)7-4-6(15)2-3-8(7)12(16,17)18/h2-4H,1H3. The van der Waals surface area contributed by atoms with Crippen molar-refractivity contribution in [2.75, 3.05) is 0 Å². The van der Waals surface area contributed by atoms with Crippen LogP contribution in [0.15, 0.2) is 18.2 Å². The molecule has 0 aliphatic carbocycles. The highest BCUT2D eigenvalue weighted by Gasteiger charge is 2.34. The second-order valence-electron chi connectivity index (χ2n) is 3.94. The Labute approximate surface area is 121 Å². The Hall–Kier alpha value is -1.40. The van der Waals surface area contributed by atoms with E-state index in [4.69, 9.17) is 23.2 Å². The molecule has 0 aliphatic heterocycles. The molecule has 1 aromatic carbocycles. The second-order valence-corrected chi connectivity index (χ2v) is 4.66. The van der Waals surface area contributed by atoms with Crippen molar-refractivity contribution in [3.63, 3.8) is 0 Å². The first kappa shape index (κ1) is 15.0. The molecule has 0 saturated carbocycles. The van der Waals surface area contributed by atoms with E-state index in [9.17, 15) is 17.6 Å². The van der Waals surface area contributed by atoms with Gasteiger partial charge in [-0.05, 0) is 25.1 Å². The van der Waals surface area contributed by atoms with E-state index in [1.165, 1.54) is 6.92 Å². The van der Waals surface area contributed by atoms with E-state index < -0.39 is 23.1 Å². The molecule has 106 valence electrons. The Morgan fingerprint density at radius 3 is 2.10 bits per heavy atom. The van der Waals surface area contributed by atoms with Gasteiger partial charge in [0.25, 0.3) is 0 Å². The molecule has 2 nitrogen and oxygen atoms in total. The van der Waals surface area contributed by atoms with E-state index >= 15 is 0 Å². The molecule has 0 N–H and O–H groups in total. The molecule has 20 heavy (non-hydrogen) atoms. The van der Waals surface area contributed by atoms with Crippen LogP contribution in [0.5, 0.6) is 0 Å². The molecule has 0 amide bonds. The lowest BCUT2D eigenvalue weighted by Gasteiger charge is -2.12. The molecule has 0 radical (unpaired) electrons. The van der Waals surface area contributed by atoms with E-state index in [1.54, 1.807) is 0 Å². The Morgan fingerprint density at radius 1 is 1.05 bits per heavy atom. The van der Waals surface area contributed by atoms with Crippen molar-refractivity contribution in [3.8, 4) is 11.4 Å². The van der Waals surface area contributed by atoms with E-state index in [1.807, 2.05) is 0 Å². The number of hydrogen-bond donors (Lipinski definition) is 0. The number of halogens is 6. The molecule has 0 fully saturated rings. The highest BCUT2D eigenvalue weighted by Crippen LogP contribution is 2.37. The average molecular weight is 325 g/mol. The van der Waals surface area contributed by atoms with Crippen LogP contribution in [0, 0.1) is 12.7 Å². The van der Waals surface area contributed by atoms with E-state index in [0.29, 0.717) is 23.8 Å². The summed E-state index contributed by atoms with van der Waals surface area (Å²) >= 11 is 11.5. The summed E-state index contributed by atoms with van der Waals surface area (Å²) in [6.07, 6.45) is -4.67. The summed E-state index contributed by atoms with van der Waals surface area (Å²) in [7, 11) is 0. The predicted octanol–water partition coefficient (Wildman–Crippen LogP) is 4.92. The third-order valence-corrected chi connectivity index (χ3v) is 3.29. The third kappa shape index (κ3) is 2.86. The van der Waals surface area contributed by atoms with Crippen LogP contribution in [0.4, 0.5) is 17.6 Å². The van der Waals surface area contributed by atoms with Gasteiger partial charge in [0.1, 0.15) is 16.1 Å². The maximum atomic E-state index is 13.2. The van der Waals surface area contributed by atoms with Gasteiger partial charge < -0.3 is 0 Å². The summed E-state index contributed by atoms with van der Waals surface area (Å²) in [5, 5.41) is -0.172. The van der Waals surface area contributed by atoms with Gasteiger partial charge in [-0.3, -0.25) is 0 Å². The molecule has 0 aliphatic rings. The molecule has 0 spiro atoms. The van der Waals surface area contributed by atoms with Crippen LogP contribution in [0.25, 0.3) is 11.4 Å². The van der Waals surface area contributed by atoms with Crippen molar-refractivity contribution in [3.05, 3.63) is 45.4 Å². The average Bonchev–Trinajstić information content (AvgIpc) is 2.33. The van der Waals surface area contributed by atoms with Gasteiger partial charge in [0.05, 0.1) is 5.56 Å². The third-order valence-electron chi connectivity index (χ3n) is 2.55. The Morgan fingerprint density at radius 2 is 1.60 bits per heavy atom. The van der Waals surface area contributed by atoms with Crippen molar-refractivity contribution in [1.29, 1.82) is 0 Å². The summed E-state index contributed by atoms with van der Waals surface area (Å²) in [5.41, 5.74) is -1.24. The Bertz CT molecular complexity index is 648. The van der Waals surface area contributed by atoms with Crippen molar-refractivity contribution in [2.45, 2.75) is 13.1 Å². The van der Waals surface area contributed by atoms with Gasteiger partial charge in [-0.1, -0.05) is 23.2 Å². The lowest BCUT2D eigenvalue weighted by molar-refractivity contribution is -0.137. The van der Waals surface area contributed by atoms with E-state index in [-0.39, 0.29) is 16.1 Å². The zero-order valence-electron chi connectivity index (χ0n) is 9.89. The molecule has 1 heterocycles. The summed E-state index contributed by atoms with van der Waals surface area (Å²) in [5.74, 6) is -1.22. The minimum Gasteiger partial charge on any atom is -0.216 e. The molecule has 2 rings (SSSR count). The fraction of sp³-hybridized carbons (Fsp3) is 0.167. The number of benzene rings is 1.